The minimum Gasteiger partial charge on any atom is -0.493 e. The maximum atomic E-state index is 13.4. The Morgan fingerprint density at radius 2 is 1.78 bits per heavy atom. The van der Waals surface area contributed by atoms with Crippen LogP contribution in [-0.2, 0) is 16.5 Å². The maximum Gasteiger partial charge on any atom is 0.416 e. The van der Waals surface area contributed by atoms with Crippen LogP contribution in [0.3, 0.4) is 0 Å². The fourth-order valence-electron chi connectivity index (χ4n) is 2.81. The average molecular weight is 469 g/mol. The van der Waals surface area contributed by atoms with Crippen molar-refractivity contribution >= 4 is 21.1 Å². The molecule has 0 atom stereocenters. The van der Waals surface area contributed by atoms with Gasteiger partial charge in [0, 0.05) is 18.2 Å². The van der Waals surface area contributed by atoms with Gasteiger partial charge in [-0.15, -0.1) is 0 Å². The molecule has 0 fully saturated rings. The number of carbonyl (C=O) groups is 1. The molecule has 0 saturated heterocycles. The molecule has 1 N–H and O–H groups in total. The lowest BCUT2D eigenvalue weighted by atomic mass is 10.1. The molecule has 0 bridgehead atoms. The smallest absolute Gasteiger partial charge is 0.416 e. The van der Waals surface area contributed by atoms with E-state index in [1.54, 1.807) is 0 Å². The van der Waals surface area contributed by atoms with E-state index in [-0.39, 0.29) is 34.2 Å². The molecule has 0 unspecified atom stereocenters. The van der Waals surface area contributed by atoms with E-state index in [4.69, 9.17) is 9.47 Å². The van der Waals surface area contributed by atoms with Gasteiger partial charge in [0.1, 0.15) is 11.6 Å². The van der Waals surface area contributed by atoms with E-state index < -0.39 is 39.3 Å². The summed E-state index contributed by atoms with van der Waals surface area (Å²) in [6.07, 6.45) is -0.728. The second kappa shape index (κ2) is 9.27. The molecule has 0 saturated carbocycles. The molecule has 6 nitrogen and oxygen atoms in total. The van der Waals surface area contributed by atoms with Crippen molar-refractivity contribution in [3.63, 3.8) is 0 Å². The predicted octanol–water partition coefficient (Wildman–Crippen LogP) is 4.27. The molecule has 2 aromatic carbocycles. The lowest BCUT2D eigenvalue weighted by Crippen LogP contribution is -2.26. The summed E-state index contributed by atoms with van der Waals surface area (Å²) in [5.41, 5.74) is -1.39. The van der Waals surface area contributed by atoms with Crippen molar-refractivity contribution in [3.8, 4) is 17.2 Å². The summed E-state index contributed by atoms with van der Waals surface area (Å²) >= 11 is 0. The predicted molar refractivity (Wildman–Crippen MR) is 108 cm³/mol. The van der Waals surface area contributed by atoms with Crippen LogP contribution in [0.4, 0.5) is 17.6 Å². The summed E-state index contributed by atoms with van der Waals surface area (Å²) in [6, 6.07) is 5.57. The Bertz CT molecular complexity index is 1260. The Morgan fingerprint density at radius 1 is 1.06 bits per heavy atom. The number of carbonyl (C=O) groups excluding carboxylic acids is 1. The molecule has 168 valence electrons. The van der Waals surface area contributed by atoms with Crippen LogP contribution in [0.15, 0.2) is 60.3 Å². The number of alkyl halides is 3. The minimum absolute atomic E-state index is 0.000589. The number of rotatable bonds is 5. The summed E-state index contributed by atoms with van der Waals surface area (Å²) in [5.74, 6) is -1.89. The average Bonchev–Trinajstić information content (AvgIpc) is 2.74. The van der Waals surface area contributed by atoms with Gasteiger partial charge < -0.3 is 14.8 Å². The first-order chi connectivity index (χ1) is 15.1. The fraction of sp³-hybridized carbons (Fsp3) is 0.143. The number of allylic oxidation sites excluding steroid dienone is 4. The van der Waals surface area contributed by atoms with Crippen LogP contribution < -0.4 is 14.8 Å². The van der Waals surface area contributed by atoms with E-state index in [1.165, 1.54) is 31.4 Å². The number of hydrogen-bond acceptors (Lipinski definition) is 5. The van der Waals surface area contributed by atoms with Gasteiger partial charge in [0.2, 0.25) is 10.3 Å². The van der Waals surface area contributed by atoms with Crippen molar-refractivity contribution in [3.05, 3.63) is 77.3 Å². The molecule has 32 heavy (non-hydrogen) atoms. The largest absolute Gasteiger partial charge is 0.493 e. The molecule has 2 aromatic rings. The lowest BCUT2D eigenvalue weighted by Gasteiger charge is -2.17. The number of amides is 1. The van der Waals surface area contributed by atoms with E-state index in [9.17, 15) is 30.8 Å². The SMILES string of the molecule is COc1cc(F)ccc1Oc1ccc(C(F)(F)F)cc1C(=O)NC1=CC=CC(=S(=O)=O)C1. The van der Waals surface area contributed by atoms with Crippen LogP contribution >= 0.6 is 0 Å². The van der Waals surface area contributed by atoms with Gasteiger partial charge in [0.05, 0.1) is 23.1 Å². The Balaban J connectivity index is 1.99. The molecule has 0 aliphatic heterocycles. The zero-order chi connectivity index (χ0) is 23.5. The van der Waals surface area contributed by atoms with Crippen molar-refractivity contribution in [1.29, 1.82) is 0 Å². The summed E-state index contributed by atoms with van der Waals surface area (Å²) in [4.78, 5) is 12.8. The van der Waals surface area contributed by atoms with E-state index in [2.05, 4.69) is 5.32 Å². The highest BCUT2D eigenvalue weighted by Crippen LogP contribution is 2.37. The fourth-order valence-corrected chi connectivity index (χ4v) is 3.27. The molecule has 1 aliphatic rings. The van der Waals surface area contributed by atoms with Crippen LogP contribution in [-0.4, -0.2) is 26.3 Å². The highest BCUT2D eigenvalue weighted by molar-refractivity contribution is 7.73. The topological polar surface area (TPSA) is 81.7 Å². The lowest BCUT2D eigenvalue weighted by molar-refractivity contribution is -0.137. The number of ether oxygens (including phenoxy) is 2. The Labute approximate surface area is 181 Å². The molecule has 1 aliphatic carbocycles. The van der Waals surface area contributed by atoms with Gasteiger partial charge in [0.25, 0.3) is 5.91 Å². The van der Waals surface area contributed by atoms with Crippen LogP contribution in [0.25, 0.3) is 0 Å². The monoisotopic (exact) mass is 469 g/mol. The number of halogens is 4. The second-order valence-corrected chi connectivity index (χ2v) is 7.48. The number of nitrogens with one attached hydrogen (secondary N) is 1. The molecule has 11 heteroatoms. The third-order valence-corrected chi connectivity index (χ3v) is 5.04. The molecule has 0 aromatic heterocycles. The first-order valence-electron chi connectivity index (χ1n) is 8.95. The third kappa shape index (κ3) is 5.35. The van der Waals surface area contributed by atoms with Gasteiger partial charge in [-0.1, -0.05) is 6.08 Å². The van der Waals surface area contributed by atoms with E-state index in [1.807, 2.05) is 0 Å². The van der Waals surface area contributed by atoms with Gasteiger partial charge >= 0.3 is 6.18 Å². The molecule has 3 rings (SSSR count). The first-order valence-corrected chi connectivity index (χ1v) is 10.0. The van der Waals surface area contributed by atoms with Crippen molar-refractivity contribution in [2.24, 2.45) is 0 Å². The van der Waals surface area contributed by atoms with Crippen LogP contribution in [0.1, 0.15) is 22.3 Å². The first kappa shape index (κ1) is 23.1. The minimum atomic E-state index is -4.73. The summed E-state index contributed by atoms with van der Waals surface area (Å²) in [6.45, 7) is 0. The zero-order valence-corrected chi connectivity index (χ0v) is 17.2. The van der Waals surface area contributed by atoms with Crippen molar-refractivity contribution in [1.82, 2.24) is 5.32 Å². The molecule has 0 heterocycles. The van der Waals surface area contributed by atoms with Gasteiger partial charge in [-0.25, -0.2) is 4.39 Å². The zero-order valence-electron chi connectivity index (χ0n) is 16.4. The third-order valence-electron chi connectivity index (χ3n) is 4.33. The standard InChI is InChI=1S/C21H15F4NO5S/c1-30-19-10-13(22)6-8-18(19)31-17-7-5-12(21(23,24)25)9-16(17)20(27)26-14-3-2-4-15(11-14)32(28)29/h2-10H,11H2,1H3,(H,26,27). The second-order valence-electron chi connectivity index (χ2n) is 6.49. The summed E-state index contributed by atoms with van der Waals surface area (Å²) < 4.78 is 86.0. The quantitative estimate of drug-likeness (QED) is 0.523. The van der Waals surface area contributed by atoms with Crippen molar-refractivity contribution in [2.45, 2.75) is 12.6 Å². The molecule has 0 spiro atoms. The number of methoxy groups -OCH3 is 1. The van der Waals surface area contributed by atoms with E-state index in [0.717, 1.165) is 24.3 Å². The van der Waals surface area contributed by atoms with E-state index >= 15 is 0 Å². The van der Waals surface area contributed by atoms with Gasteiger partial charge in [0.15, 0.2) is 11.5 Å². The van der Waals surface area contributed by atoms with Crippen molar-refractivity contribution in [2.75, 3.05) is 7.11 Å². The highest BCUT2D eigenvalue weighted by Gasteiger charge is 2.32. The normalized spacial score (nSPS) is 13.4. The highest BCUT2D eigenvalue weighted by atomic mass is 32.2. The van der Waals surface area contributed by atoms with Gasteiger partial charge in [-0.2, -0.15) is 21.6 Å². The Morgan fingerprint density at radius 3 is 2.44 bits per heavy atom. The maximum absolute atomic E-state index is 13.4. The van der Waals surface area contributed by atoms with Gasteiger partial charge in [-0.3, -0.25) is 4.79 Å². The molecular formula is C21H15F4NO5S. The number of hydrogen-bond donors (Lipinski definition) is 1. The Kier molecular flexibility index (Phi) is 6.68. The van der Waals surface area contributed by atoms with Crippen LogP contribution in [0.5, 0.6) is 17.2 Å². The summed E-state index contributed by atoms with van der Waals surface area (Å²) in [7, 11) is -1.27. The van der Waals surface area contributed by atoms with Crippen LogP contribution in [0.2, 0.25) is 0 Å². The Hall–Kier alpha value is -3.60. The molecule has 1 amide bonds. The van der Waals surface area contributed by atoms with Crippen molar-refractivity contribution < 1.29 is 40.2 Å². The number of benzene rings is 2. The van der Waals surface area contributed by atoms with E-state index in [0.29, 0.717) is 6.07 Å². The molecular weight excluding hydrogens is 454 g/mol. The summed E-state index contributed by atoms with van der Waals surface area (Å²) in [5, 5.41) is 2.40. The van der Waals surface area contributed by atoms with Gasteiger partial charge in [-0.05, 0) is 42.5 Å². The molecule has 0 radical (unpaired) electrons. The van der Waals surface area contributed by atoms with Crippen LogP contribution in [0, 0.1) is 5.82 Å².